The van der Waals surface area contributed by atoms with E-state index in [1.807, 2.05) is 25.1 Å². The van der Waals surface area contributed by atoms with E-state index in [4.69, 9.17) is 32.7 Å². The fourth-order valence-corrected chi connectivity index (χ4v) is 3.64. The van der Waals surface area contributed by atoms with Crippen molar-refractivity contribution in [3.63, 3.8) is 0 Å². The highest BCUT2D eigenvalue weighted by molar-refractivity contribution is 6.35. The summed E-state index contributed by atoms with van der Waals surface area (Å²) in [6.45, 7) is 1.69. The zero-order valence-electron chi connectivity index (χ0n) is 16.7. The number of carbonyl (C=O) groups excluding carboxylic acids is 2. The number of nitrogens with zero attached hydrogens (tertiary/aromatic N) is 1. The van der Waals surface area contributed by atoms with E-state index in [2.05, 4.69) is 5.32 Å². The Morgan fingerprint density at radius 3 is 2.61 bits per heavy atom. The number of benzene rings is 3. The van der Waals surface area contributed by atoms with Crippen LogP contribution in [0.4, 0.5) is 11.4 Å². The van der Waals surface area contributed by atoms with E-state index in [1.54, 1.807) is 37.4 Å². The van der Waals surface area contributed by atoms with Crippen molar-refractivity contribution < 1.29 is 19.1 Å². The third-order valence-electron chi connectivity index (χ3n) is 4.75. The Hall–Kier alpha value is -3.22. The van der Waals surface area contributed by atoms with Crippen molar-refractivity contribution in [2.45, 2.75) is 6.92 Å². The smallest absolute Gasteiger partial charge is 0.262 e. The lowest BCUT2D eigenvalue weighted by molar-refractivity contribution is -0.118. The summed E-state index contributed by atoms with van der Waals surface area (Å²) in [5, 5.41) is 3.50. The van der Waals surface area contributed by atoms with Gasteiger partial charge in [-0.2, -0.15) is 0 Å². The largest absolute Gasteiger partial charge is 0.482 e. The first-order valence-electron chi connectivity index (χ1n) is 9.40. The Morgan fingerprint density at radius 1 is 1.06 bits per heavy atom. The van der Waals surface area contributed by atoms with E-state index in [9.17, 15) is 9.59 Å². The van der Waals surface area contributed by atoms with Crippen molar-refractivity contribution in [3.05, 3.63) is 75.8 Å². The molecule has 0 aromatic heterocycles. The minimum Gasteiger partial charge on any atom is -0.482 e. The van der Waals surface area contributed by atoms with Gasteiger partial charge in [0, 0.05) is 17.8 Å². The van der Waals surface area contributed by atoms with Crippen LogP contribution in [0.2, 0.25) is 10.0 Å². The van der Waals surface area contributed by atoms with Gasteiger partial charge in [-0.25, -0.2) is 0 Å². The number of ether oxygens (including phenoxy) is 2. The van der Waals surface area contributed by atoms with Crippen LogP contribution in [0.3, 0.4) is 0 Å². The second-order valence-electron chi connectivity index (χ2n) is 7.06. The number of hydrogen-bond acceptors (Lipinski definition) is 4. The monoisotopic (exact) mass is 456 g/mol. The van der Waals surface area contributed by atoms with Crippen LogP contribution in [0.25, 0.3) is 0 Å². The zero-order chi connectivity index (χ0) is 22.1. The fraction of sp³-hybridized carbons (Fsp3) is 0.130. The molecule has 0 unspecified atom stereocenters. The van der Waals surface area contributed by atoms with Crippen molar-refractivity contribution in [3.8, 4) is 17.2 Å². The van der Waals surface area contributed by atoms with Crippen molar-refractivity contribution in [1.82, 2.24) is 0 Å². The topological polar surface area (TPSA) is 67.9 Å². The molecule has 0 saturated heterocycles. The molecular formula is C23H18Cl2N2O4. The van der Waals surface area contributed by atoms with Crippen LogP contribution in [0.5, 0.6) is 17.2 Å². The standard InChI is InChI=1S/C23H18Cl2N2O4/c1-13-3-6-21-18(9-13)27(2)23(29)16-11-15(5-8-19(16)31-21)26-22(28)12-30-20-7-4-14(24)10-17(20)25/h3-11H,12H2,1-2H3,(H,26,28). The normalized spacial score (nSPS) is 12.4. The maximum Gasteiger partial charge on any atom is 0.262 e. The second-order valence-corrected chi connectivity index (χ2v) is 7.90. The Bertz CT molecular complexity index is 1200. The maximum atomic E-state index is 13.0. The highest BCUT2D eigenvalue weighted by Gasteiger charge is 2.26. The summed E-state index contributed by atoms with van der Waals surface area (Å²) in [5.74, 6) is 0.716. The third kappa shape index (κ3) is 4.45. The summed E-state index contributed by atoms with van der Waals surface area (Å²) in [6, 6.07) is 15.3. The maximum absolute atomic E-state index is 13.0. The van der Waals surface area contributed by atoms with Crippen LogP contribution >= 0.6 is 23.2 Å². The van der Waals surface area contributed by atoms with Crippen LogP contribution in [0, 0.1) is 6.92 Å². The molecule has 0 fully saturated rings. The molecule has 8 heteroatoms. The van der Waals surface area contributed by atoms with Gasteiger partial charge in [0.2, 0.25) is 0 Å². The van der Waals surface area contributed by atoms with E-state index >= 15 is 0 Å². The summed E-state index contributed by atoms with van der Waals surface area (Å²) >= 11 is 11.9. The number of anilines is 2. The summed E-state index contributed by atoms with van der Waals surface area (Å²) < 4.78 is 11.4. The highest BCUT2D eigenvalue weighted by Crippen LogP contribution is 2.39. The predicted molar refractivity (Wildman–Crippen MR) is 121 cm³/mol. The number of halogens is 2. The lowest BCUT2D eigenvalue weighted by atomic mass is 10.1. The van der Waals surface area contributed by atoms with Gasteiger partial charge in [-0.3, -0.25) is 9.59 Å². The van der Waals surface area contributed by atoms with Gasteiger partial charge in [0.25, 0.3) is 11.8 Å². The van der Waals surface area contributed by atoms with Crippen molar-refractivity contribution in [2.75, 3.05) is 23.9 Å². The van der Waals surface area contributed by atoms with Crippen molar-refractivity contribution >= 4 is 46.4 Å². The Morgan fingerprint density at radius 2 is 1.84 bits per heavy atom. The molecule has 1 aliphatic rings. The quantitative estimate of drug-likeness (QED) is 0.546. The first-order chi connectivity index (χ1) is 14.8. The molecule has 2 amide bonds. The Balaban J connectivity index is 1.50. The predicted octanol–water partition coefficient (Wildman–Crippen LogP) is 5.70. The van der Waals surface area contributed by atoms with Gasteiger partial charge in [0.05, 0.1) is 16.3 Å². The van der Waals surface area contributed by atoms with Crippen LogP contribution < -0.4 is 19.7 Å². The van der Waals surface area contributed by atoms with Gasteiger partial charge in [0.1, 0.15) is 11.5 Å². The molecule has 0 atom stereocenters. The van der Waals surface area contributed by atoms with Gasteiger partial charge in [-0.15, -0.1) is 0 Å². The average Bonchev–Trinajstić information content (AvgIpc) is 2.83. The van der Waals surface area contributed by atoms with Crippen molar-refractivity contribution in [1.29, 1.82) is 0 Å². The van der Waals surface area contributed by atoms with E-state index in [0.717, 1.165) is 5.56 Å². The minimum absolute atomic E-state index is 0.236. The Labute approximate surface area is 189 Å². The molecule has 1 N–H and O–H groups in total. The van der Waals surface area contributed by atoms with Gasteiger partial charge >= 0.3 is 0 Å². The first-order valence-corrected chi connectivity index (χ1v) is 10.2. The lowest BCUT2D eigenvalue weighted by Crippen LogP contribution is -2.25. The van der Waals surface area contributed by atoms with Crippen LogP contribution in [-0.4, -0.2) is 25.5 Å². The summed E-state index contributed by atoms with van der Waals surface area (Å²) in [4.78, 5) is 26.9. The summed E-state index contributed by atoms with van der Waals surface area (Å²) in [6.07, 6.45) is 0. The van der Waals surface area contributed by atoms with Gasteiger partial charge in [-0.05, 0) is 61.0 Å². The number of rotatable bonds is 4. The molecule has 158 valence electrons. The summed E-state index contributed by atoms with van der Waals surface area (Å²) in [5.41, 5.74) is 2.49. The van der Waals surface area contributed by atoms with E-state index in [-0.39, 0.29) is 12.5 Å². The molecule has 3 aromatic carbocycles. The second kappa shape index (κ2) is 8.49. The molecule has 1 heterocycles. The summed E-state index contributed by atoms with van der Waals surface area (Å²) in [7, 11) is 1.69. The van der Waals surface area contributed by atoms with Crippen LogP contribution in [-0.2, 0) is 4.79 Å². The SMILES string of the molecule is Cc1ccc2c(c1)N(C)C(=O)c1cc(NC(=O)COc3ccc(Cl)cc3Cl)ccc1O2. The molecule has 0 bridgehead atoms. The fourth-order valence-electron chi connectivity index (χ4n) is 3.18. The van der Waals surface area contributed by atoms with Gasteiger partial charge in [0.15, 0.2) is 12.4 Å². The molecular weight excluding hydrogens is 439 g/mol. The molecule has 6 nitrogen and oxygen atoms in total. The molecule has 0 radical (unpaired) electrons. The van der Waals surface area contributed by atoms with Crippen LogP contribution in [0.1, 0.15) is 15.9 Å². The Kier molecular flexibility index (Phi) is 5.76. The average molecular weight is 457 g/mol. The van der Waals surface area contributed by atoms with Gasteiger partial charge < -0.3 is 19.7 Å². The highest BCUT2D eigenvalue weighted by atomic mass is 35.5. The van der Waals surface area contributed by atoms with E-state index < -0.39 is 5.91 Å². The number of nitrogens with one attached hydrogen (secondary N) is 1. The van der Waals surface area contributed by atoms with Crippen molar-refractivity contribution in [2.24, 2.45) is 0 Å². The zero-order valence-corrected chi connectivity index (χ0v) is 18.3. The van der Waals surface area contributed by atoms with E-state index in [1.165, 1.54) is 11.0 Å². The molecule has 4 rings (SSSR count). The molecule has 0 aliphatic carbocycles. The first kappa shape index (κ1) is 21.0. The van der Waals surface area contributed by atoms with Gasteiger partial charge in [-0.1, -0.05) is 29.3 Å². The number of aryl methyl sites for hydroxylation is 1. The molecule has 0 saturated carbocycles. The minimum atomic E-state index is -0.403. The molecule has 31 heavy (non-hydrogen) atoms. The molecule has 1 aliphatic heterocycles. The van der Waals surface area contributed by atoms with Crippen LogP contribution in [0.15, 0.2) is 54.6 Å². The molecule has 0 spiro atoms. The lowest BCUT2D eigenvalue weighted by Gasteiger charge is -2.16. The van der Waals surface area contributed by atoms with E-state index in [0.29, 0.717) is 44.2 Å². The number of carbonyl (C=O) groups is 2. The third-order valence-corrected chi connectivity index (χ3v) is 5.28. The number of amides is 2. The number of fused-ring (bicyclic) bond motifs is 2. The molecule has 3 aromatic rings. The number of hydrogen-bond donors (Lipinski definition) is 1.